The molecule has 0 aromatic heterocycles. The molecule has 0 fully saturated rings. The van der Waals surface area contributed by atoms with Gasteiger partial charge < -0.3 is 10.1 Å². The largest absolute Gasteiger partial charge is 0.463 e. The summed E-state index contributed by atoms with van der Waals surface area (Å²) in [6.07, 6.45) is 1.28. The summed E-state index contributed by atoms with van der Waals surface area (Å²) in [4.78, 5) is 26.0. The maximum absolute atomic E-state index is 13.2. The van der Waals surface area contributed by atoms with E-state index in [1.165, 1.54) is 5.56 Å². The predicted molar refractivity (Wildman–Crippen MR) is 111 cm³/mol. The molecule has 0 unspecified atom stereocenters. The summed E-state index contributed by atoms with van der Waals surface area (Å²) >= 11 is 0. The molecule has 1 aliphatic heterocycles. The molecule has 150 valence electrons. The molecule has 2 aliphatic rings. The highest BCUT2D eigenvalue weighted by Gasteiger charge is 2.43. The molecule has 1 atom stereocenters. The number of ether oxygens (including phenoxy) is 1. The Hall–Kier alpha value is -2.36. The Morgan fingerprint density at radius 3 is 2.43 bits per heavy atom. The van der Waals surface area contributed by atoms with Crippen LogP contribution in [0.15, 0.2) is 46.8 Å². The first kappa shape index (κ1) is 20.4. The molecule has 1 aliphatic carbocycles. The number of allylic oxidation sites excluding steroid dienone is 3. The average Bonchev–Trinajstić information content (AvgIpc) is 2.59. The van der Waals surface area contributed by atoms with Gasteiger partial charge in [-0.25, -0.2) is 4.79 Å². The van der Waals surface area contributed by atoms with Crippen LogP contribution in [0.1, 0.15) is 77.3 Å². The maximum atomic E-state index is 13.2. The van der Waals surface area contributed by atoms with Crippen LogP contribution in [-0.4, -0.2) is 18.4 Å². The van der Waals surface area contributed by atoms with E-state index in [0.717, 1.165) is 29.0 Å². The third-order valence-electron chi connectivity index (χ3n) is 5.67. The number of benzene rings is 1. The monoisotopic (exact) mass is 381 g/mol. The van der Waals surface area contributed by atoms with Gasteiger partial charge in [0.2, 0.25) is 0 Å². The normalized spacial score (nSPS) is 21.5. The Morgan fingerprint density at radius 1 is 1.21 bits per heavy atom. The maximum Gasteiger partial charge on any atom is 0.336 e. The Morgan fingerprint density at radius 2 is 1.86 bits per heavy atom. The number of nitrogens with one attached hydrogen (secondary N) is 1. The summed E-state index contributed by atoms with van der Waals surface area (Å²) in [6, 6.07) is 8.29. The topological polar surface area (TPSA) is 55.4 Å². The van der Waals surface area contributed by atoms with E-state index in [4.69, 9.17) is 4.74 Å². The summed E-state index contributed by atoms with van der Waals surface area (Å²) in [6.45, 7) is 12.5. The molecule has 4 nitrogen and oxygen atoms in total. The number of hydrogen-bond donors (Lipinski definition) is 1. The summed E-state index contributed by atoms with van der Waals surface area (Å²) in [5.74, 6) is -0.184. The predicted octanol–water partition coefficient (Wildman–Crippen LogP) is 4.98. The van der Waals surface area contributed by atoms with Gasteiger partial charge >= 0.3 is 5.97 Å². The quantitative estimate of drug-likeness (QED) is 0.748. The van der Waals surface area contributed by atoms with E-state index < -0.39 is 0 Å². The van der Waals surface area contributed by atoms with Crippen molar-refractivity contribution in [2.75, 3.05) is 6.61 Å². The van der Waals surface area contributed by atoms with E-state index in [-0.39, 0.29) is 23.1 Å². The second-order valence-electron chi connectivity index (χ2n) is 8.97. The minimum Gasteiger partial charge on any atom is -0.463 e. The van der Waals surface area contributed by atoms with Crippen LogP contribution < -0.4 is 5.32 Å². The fourth-order valence-electron chi connectivity index (χ4n) is 4.32. The molecule has 4 heteroatoms. The van der Waals surface area contributed by atoms with Gasteiger partial charge in [-0.2, -0.15) is 0 Å². The second kappa shape index (κ2) is 7.57. The van der Waals surface area contributed by atoms with Crippen molar-refractivity contribution in [3.05, 3.63) is 57.9 Å². The van der Waals surface area contributed by atoms with Crippen LogP contribution in [0.4, 0.5) is 0 Å². The fourth-order valence-corrected chi connectivity index (χ4v) is 4.32. The molecule has 0 saturated carbocycles. The highest BCUT2D eigenvalue weighted by molar-refractivity contribution is 6.04. The van der Waals surface area contributed by atoms with Crippen LogP contribution in [0.25, 0.3) is 0 Å². The van der Waals surface area contributed by atoms with Crippen molar-refractivity contribution in [3.63, 3.8) is 0 Å². The van der Waals surface area contributed by atoms with E-state index in [2.05, 4.69) is 57.3 Å². The number of dihydropyridines is 1. The number of carbonyl (C=O) groups excluding carboxylic acids is 2. The number of rotatable bonds is 4. The van der Waals surface area contributed by atoms with Crippen molar-refractivity contribution in [2.45, 2.75) is 66.2 Å². The van der Waals surface area contributed by atoms with Crippen LogP contribution in [0.5, 0.6) is 0 Å². The zero-order valence-corrected chi connectivity index (χ0v) is 17.8. The third kappa shape index (κ3) is 3.78. The van der Waals surface area contributed by atoms with Crippen molar-refractivity contribution in [2.24, 2.45) is 5.41 Å². The van der Waals surface area contributed by atoms with Crippen LogP contribution in [-0.2, 0) is 14.3 Å². The molecule has 28 heavy (non-hydrogen) atoms. The highest BCUT2D eigenvalue weighted by atomic mass is 16.5. The Kier molecular flexibility index (Phi) is 5.51. The summed E-state index contributed by atoms with van der Waals surface area (Å²) in [5.41, 5.74) is 5.12. The molecule has 1 N–H and O–H groups in total. The first-order chi connectivity index (χ1) is 13.1. The summed E-state index contributed by atoms with van der Waals surface area (Å²) in [5, 5.41) is 3.36. The lowest BCUT2D eigenvalue weighted by Crippen LogP contribution is -2.38. The molecule has 1 heterocycles. The van der Waals surface area contributed by atoms with E-state index >= 15 is 0 Å². The molecule has 0 amide bonds. The lowest BCUT2D eigenvalue weighted by atomic mass is 9.68. The van der Waals surface area contributed by atoms with Gasteiger partial charge in [-0.3, -0.25) is 4.79 Å². The lowest BCUT2D eigenvalue weighted by molar-refractivity contribution is -0.138. The lowest BCUT2D eigenvalue weighted by Gasteiger charge is -2.39. The van der Waals surface area contributed by atoms with Crippen LogP contribution in [0.3, 0.4) is 0 Å². The standard InChI is InChI=1S/C24H31NO3/c1-7-28-23(27)20-15(4)25-18-12-24(5,6)13-19(26)22(18)21(20)17-10-8-16(9-11-17)14(2)3/h8-11,14,21,25H,7,12-13H2,1-6H3/t21-/m1/s1. The molecule has 0 bridgehead atoms. The van der Waals surface area contributed by atoms with Gasteiger partial charge in [0, 0.05) is 29.3 Å². The minimum atomic E-state index is -0.375. The smallest absolute Gasteiger partial charge is 0.336 e. The van der Waals surface area contributed by atoms with Gasteiger partial charge in [-0.05, 0) is 42.7 Å². The van der Waals surface area contributed by atoms with Crippen molar-refractivity contribution in [1.82, 2.24) is 5.32 Å². The van der Waals surface area contributed by atoms with Crippen molar-refractivity contribution in [3.8, 4) is 0 Å². The average molecular weight is 382 g/mol. The molecule has 0 spiro atoms. The second-order valence-corrected chi connectivity index (χ2v) is 8.97. The Labute approximate surface area is 168 Å². The zero-order valence-electron chi connectivity index (χ0n) is 17.8. The van der Waals surface area contributed by atoms with Crippen LogP contribution >= 0.6 is 0 Å². The van der Waals surface area contributed by atoms with Crippen LogP contribution in [0.2, 0.25) is 0 Å². The van der Waals surface area contributed by atoms with Gasteiger partial charge in [-0.15, -0.1) is 0 Å². The molecular formula is C24H31NO3. The number of ketones is 1. The minimum absolute atomic E-state index is 0.0866. The van der Waals surface area contributed by atoms with Crippen molar-refractivity contribution >= 4 is 11.8 Å². The number of hydrogen-bond acceptors (Lipinski definition) is 4. The third-order valence-corrected chi connectivity index (χ3v) is 5.67. The fraction of sp³-hybridized carbons (Fsp3) is 0.500. The molecule has 0 radical (unpaired) electrons. The van der Waals surface area contributed by atoms with Crippen molar-refractivity contribution in [1.29, 1.82) is 0 Å². The molecular weight excluding hydrogens is 350 g/mol. The SMILES string of the molecule is CCOC(=O)C1=C(C)NC2=C(C(=O)CC(C)(C)C2)[C@@H]1c1ccc(C(C)C)cc1. The number of Topliss-reactive ketones (excluding diaryl/α,β-unsaturated/α-hetero) is 1. The van der Waals surface area contributed by atoms with E-state index in [1.54, 1.807) is 6.92 Å². The Balaban J connectivity index is 2.14. The molecule has 1 aromatic rings. The Bertz CT molecular complexity index is 856. The van der Waals surface area contributed by atoms with Gasteiger partial charge in [0.05, 0.1) is 12.2 Å². The highest BCUT2D eigenvalue weighted by Crippen LogP contribution is 2.46. The van der Waals surface area contributed by atoms with Crippen molar-refractivity contribution < 1.29 is 14.3 Å². The first-order valence-electron chi connectivity index (χ1n) is 10.2. The number of esters is 1. The van der Waals surface area contributed by atoms with E-state index in [1.807, 2.05) is 6.92 Å². The zero-order chi connectivity index (χ0) is 20.6. The molecule has 0 saturated heterocycles. The first-order valence-corrected chi connectivity index (χ1v) is 10.2. The van der Waals surface area contributed by atoms with Gasteiger partial charge in [-0.1, -0.05) is 52.0 Å². The van der Waals surface area contributed by atoms with Gasteiger partial charge in [0.15, 0.2) is 5.78 Å². The van der Waals surface area contributed by atoms with Gasteiger partial charge in [0.1, 0.15) is 0 Å². The molecule has 1 aromatic carbocycles. The summed E-state index contributed by atoms with van der Waals surface area (Å²) in [7, 11) is 0. The molecule has 3 rings (SSSR count). The van der Waals surface area contributed by atoms with E-state index in [9.17, 15) is 9.59 Å². The number of carbonyl (C=O) groups is 2. The summed E-state index contributed by atoms with van der Waals surface area (Å²) < 4.78 is 5.35. The van der Waals surface area contributed by atoms with Gasteiger partial charge in [0.25, 0.3) is 0 Å². The van der Waals surface area contributed by atoms with E-state index in [0.29, 0.717) is 24.5 Å². The van der Waals surface area contributed by atoms with Crippen LogP contribution in [0, 0.1) is 5.41 Å².